The highest BCUT2D eigenvalue weighted by Gasteiger charge is 2.10. The van der Waals surface area contributed by atoms with Crippen molar-refractivity contribution in [2.75, 3.05) is 7.11 Å². The van der Waals surface area contributed by atoms with Crippen LogP contribution in [0.2, 0.25) is 0 Å². The van der Waals surface area contributed by atoms with Crippen molar-refractivity contribution in [3.05, 3.63) is 60.2 Å². The number of ether oxygens (including phenoxy) is 1. The van der Waals surface area contributed by atoms with E-state index in [-0.39, 0.29) is 5.56 Å². The second-order valence-electron chi connectivity index (χ2n) is 3.97. The number of hydrogen-bond donors (Lipinski definition) is 0. The number of hydrogen-bond acceptors (Lipinski definition) is 4. The van der Waals surface area contributed by atoms with Gasteiger partial charge in [-0.3, -0.25) is 9.36 Å². The number of benzene rings is 1. The lowest BCUT2D eigenvalue weighted by atomic mass is 10.1. The summed E-state index contributed by atoms with van der Waals surface area (Å²) in [5.41, 5.74) is 1.24. The van der Waals surface area contributed by atoms with Crippen LogP contribution in [0.3, 0.4) is 0 Å². The number of nitrogens with zero attached hydrogens (tertiary/aromatic N) is 2. The summed E-state index contributed by atoms with van der Waals surface area (Å²) in [4.78, 5) is 27.4. The zero-order valence-electron chi connectivity index (χ0n) is 10.5. The number of halogens is 2. The van der Waals surface area contributed by atoms with E-state index in [9.17, 15) is 9.59 Å². The first-order chi connectivity index (χ1) is 9.52. The molecule has 0 spiro atoms. The third-order valence-electron chi connectivity index (χ3n) is 2.67. The average molecular weight is 449 g/mol. The Balaban J connectivity index is 2.33. The molecule has 1 aromatic heterocycles. The van der Waals surface area contributed by atoms with E-state index in [1.807, 2.05) is 22.6 Å². The maximum absolute atomic E-state index is 11.9. The summed E-state index contributed by atoms with van der Waals surface area (Å²) in [6.45, 7) is 0.380. The molecule has 0 aliphatic heterocycles. The topological polar surface area (TPSA) is 61.2 Å². The molecule has 0 aliphatic carbocycles. The largest absolute Gasteiger partial charge is 0.465 e. The lowest BCUT2D eigenvalue weighted by Crippen LogP contribution is -2.23. The minimum Gasteiger partial charge on any atom is -0.465 e. The van der Waals surface area contributed by atoms with Gasteiger partial charge in [0.05, 0.1) is 29.1 Å². The molecule has 0 amide bonds. The molecule has 0 radical (unpaired) electrons. The Labute approximate surface area is 137 Å². The molecule has 0 saturated heterocycles. The Hall–Kier alpha value is -1.22. The van der Waals surface area contributed by atoms with Gasteiger partial charge in [0.25, 0.3) is 5.56 Å². The lowest BCUT2D eigenvalue weighted by molar-refractivity contribution is 0.0600. The molecule has 0 N–H and O–H groups in total. The zero-order valence-corrected chi connectivity index (χ0v) is 14.2. The first kappa shape index (κ1) is 15.2. The van der Waals surface area contributed by atoms with Crippen molar-refractivity contribution in [2.24, 2.45) is 0 Å². The number of carbonyl (C=O) groups excluding carboxylic acids is 1. The fraction of sp³-hybridized carbons (Fsp3) is 0.154. The van der Waals surface area contributed by atoms with Crippen LogP contribution in [0, 0.1) is 3.57 Å². The van der Waals surface area contributed by atoms with Crippen molar-refractivity contribution in [1.82, 2.24) is 9.55 Å². The molecule has 0 saturated carbocycles. The fourth-order valence-corrected chi connectivity index (χ4v) is 2.62. The van der Waals surface area contributed by atoms with E-state index in [0.29, 0.717) is 15.7 Å². The lowest BCUT2D eigenvalue weighted by Gasteiger charge is -2.09. The molecule has 20 heavy (non-hydrogen) atoms. The van der Waals surface area contributed by atoms with Crippen molar-refractivity contribution in [3.8, 4) is 0 Å². The average Bonchev–Trinajstić information content (AvgIpc) is 2.45. The molecule has 0 aliphatic rings. The number of methoxy groups -OCH3 is 1. The number of carbonyl (C=O) groups is 1. The number of rotatable bonds is 3. The summed E-state index contributed by atoms with van der Waals surface area (Å²) in [6, 6.07) is 5.12. The molecule has 5 nitrogen and oxygen atoms in total. The van der Waals surface area contributed by atoms with Crippen LogP contribution in [0.15, 0.2) is 40.0 Å². The molecule has 2 aromatic rings. The van der Waals surface area contributed by atoms with Gasteiger partial charge >= 0.3 is 5.97 Å². The van der Waals surface area contributed by atoms with E-state index in [1.165, 1.54) is 24.2 Å². The van der Waals surface area contributed by atoms with Crippen molar-refractivity contribution in [2.45, 2.75) is 6.54 Å². The normalized spacial score (nSPS) is 10.3. The Morgan fingerprint density at radius 2 is 2.25 bits per heavy atom. The van der Waals surface area contributed by atoms with Crippen molar-refractivity contribution in [1.29, 1.82) is 0 Å². The summed E-state index contributed by atoms with van der Waals surface area (Å²) in [5.74, 6) is -0.398. The van der Waals surface area contributed by atoms with Crippen LogP contribution >= 0.6 is 38.5 Å². The maximum Gasteiger partial charge on any atom is 0.337 e. The predicted octanol–water partition coefficient (Wildman–Crippen LogP) is 2.45. The van der Waals surface area contributed by atoms with E-state index < -0.39 is 5.97 Å². The van der Waals surface area contributed by atoms with Crippen LogP contribution in [-0.4, -0.2) is 22.6 Å². The van der Waals surface area contributed by atoms with Crippen molar-refractivity contribution in [3.63, 3.8) is 0 Å². The summed E-state index contributed by atoms with van der Waals surface area (Å²) in [6.07, 6.45) is 3.01. The van der Waals surface area contributed by atoms with E-state index in [2.05, 4.69) is 25.7 Å². The van der Waals surface area contributed by atoms with Crippen LogP contribution in [0.5, 0.6) is 0 Å². The van der Waals surface area contributed by atoms with Gasteiger partial charge in [-0.25, -0.2) is 9.78 Å². The highest BCUT2D eigenvalue weighted by atomic mass is 127. The van der Waals surface area contributed by atoms with Gasteiger partial charge in [0.15, 0.2) is 0 Å². The van der Waals surface area contributed by atoms with Crippen LogP contribution in [0.25, 0.3) is 0 Å². The first-order valence-corrected chi connectivity index (χ1v) is 7.47. The van der Waals surface area contributed by atoms with Gasteiger partial charge in [0.2, 0.25) is 0 Å². The molecule has 1 aromatic carbocycles. The van der Waals surface area contributed by atoms with Gasteiger partial charge in [-0.2, -0.15) is 0 Å². The Morgan fingerprint density at radius 3 is 2.90 bits per heavy atom. The predicted molar refractivity (Wildman–Crippen MR) is 85.8 cm³/mol. The standard InChI is InChI=1S/C13H10BrIN2O3/c1-20-13(19)8-2-3-9(10(14)4-8)6-17-7-16-5-11(15)12(17)18/h2-5,7H,6H2,1H3. The minimum absolute atomic E-state index is 0.0930. The molecule has 104 valence electrons. The van der Waals surface area contributed by atoms with Crippen LogP contribution in [-0.2, 0) is 11.3 Å². The summed E-state index contributed by atoms with van der Waals surface area (Å²) in [7, 11) is 1.33. The second-order valence-corrected chi connectivity index (χ2v) is 5.99. The third-order valence-corrected chi connectivity index (χ3v) is 4.15. The van der Waals surface area contributed by atoms with Crippen LogP contribution < -0.4 is 5.56 Å². The zero-order chi connectivity index (χ0) is 14.7. The molecular weight excluding hydrogens is 439 g/mol. The quantitative estimate of drug-likeness (QED) is 0.534. The van der Waals surface area contributed by atoms with Gasteiger partial charge in [0, 0.05) is 10.7 Å². The Morgan fingerprint density at radius 1 is 1.50 bits per heavy atom. The van der Waals surface area contributed by atoms with Crippen molar-refractivity contribution < 1.29 is 9.53 Å². The van der Waals surface area contributed by atoms with Crippen LogP contribution in [0.1, 0.15) is 15.9 Å². The van der Waals surface area contributed by atoms with Gasteiger partial charge in [-0.1, -0.05) is 22.0 Å². The molecule has 0 bridgehead atoms. The summed E-state index contributed by atoms with van der Waals surface area (Å²) in [5, 5.41) is 0. The van der Waals surface area contributed by atoms with Gasteiger partial charge in [-0.05, 0) is 40.3 Å². The van der Waals surface area contributed by atoms with E-state index >= 15 is 0 Å². The van der Waals surface area contributed by atoms with Crippen LogP contribution in [0.4, 0.5) is 0 Å². The highest BCUT2D eigenvalue weighted by Crippen LogP contribution is 2.20. The SMILES string of the molecule is COC(=O)c1ccc(Cn2cncc(I)c2=O)c(Br)c1. The summed E-state index contributed by atoms with van der Waals surface area (Å²) < 4.78 is 7.48. The molecular formula is C13H10BrIN2O3. The fourth-order valence-electron chi connectivity index (χ4n) is 1.64. The first-order valence-electron chi connectivity index (χ1n) is 5.59. The second kappa shape index (κ2) is 6.49. The smallest absolute Gasteiger partial charge is 0.337 e. The molecule has 1 heterocycles. The van der Waals surface area contributed by atoms with Gasteiger partial charge in [0.1, 0.15) is 0 Å². The van der Waals surface area contributed by atoms with E-state index in [4.69, 9.17) is 0 Å². The van der Waals surface area contributed by atoms with E-state index in [1.54, 1.807) is 18.2 Å². The summed E-state index contributed by atoms with van der Waals surface area (Å²) >= 11 is 5.35. The minimum atomic E-state index is -0.398. The molecule has 7 heteroatoms. The maximum atomic E-state index is 11.9. The van der Waals surface area contributed by atoms with E-state index in [0.717, 1.165) is 10.0 Å². The molecule has 0 fully saturated rings. The molecule has 2 rings (SSSR count). The monoisotopic (exact) mass is 448 g/mol. The van der Waals surface area contributed by atoms with Gasteiger partial charge in [-0.15, -0.1) is 0 Å². The third kappa shape index (κ3) is 3.26. The number of aromatic nitrogens is 2. The molecule has 0 unspecified atom stereocenters. The Bertz CT molecular complexity index is 715. The molecule has 0 atom stereocenters. The van der Waals surface area contributed by atoms with Crippen molar-refractivity contribution >= 4 is 44.5 Å². The van der Waals surface area contributed by atoms with Gasteiger partial charge < -0.3 is 4.74 Å². The highest BCUT2D eigenvalue weighted by molar-refractivity contribution is 14.1. The number of esters is 1. The Kier molecular flexibility index (Phi) is 4.92.